The van der Waals surface area contributed by atoms with E-state index in [0.717, 1.165) is 90.5 Å². The van der Waals surface area contributed by atoms with Crippen LogP contribution in [-0.2, 0) is 11.3 Å². The average Bonchev–Trinajstić information content (AvgIpc) is 3.83. The largest absolute Gasteiger partial charge is 0.490 e. The maximum Gasteiger partial charge on any atom is 0.490 e. The van der Waals surface area contributed by atoms with Crippen molar-refractivity contribution < 1.29 is 27.9 Å². The van der Waals surface area contributed by atoms with Gasteiger partial charge in [0.25, 0.3) is 5.91 Å². The number of hydrogen-bond acceptors (Lipinski definition) is 8. The Morgan fingerprint density at radius 2 is 1.53 bits per heavy atom. The molecule has 12 nitrogen and oxygen atoms in total. The van der Waals surface area contributed by atoms with Crippen LogP contribution >= 0.6 is 0 Å². The van der Waals surface area contributed by atoms with Crippen molar-refractivity contribution in [1.29, 1.82) is 0 Å². The number of aromatic nitrogens is 4. The number of carbonyl (C=O) groups excluding carboxylic acids is 1. The zero-order valence-electron chi connectivity index (χ0n) is 30.5. The van der Waals surface area contributed by atoms with Crippen LogP contribution < -0.4 is 10.6 Å². The third-order valence-electron chi connectivity index (χ3n) is 9.40. The van der Waals surface area contributed by atoms with Gasteiger partial charge in [0.05, 0.1) is 23.1 Å². The number of rotatable bonds is 7. The zero-order chi connectivity index (χ0) is 38.1. The van der Waals surface area contributed by atoms with Gasteiger partial charge in [0.2, 0.25) is 0 Å². The number of carbonyl (C=O) groups is 2. The minimum absolute atomic E-state index is 0.231. The molecule has 1 amide bonds. The van der Waals surface area contributed by atoms with Crippen LogP contribution in [-0.4, -0.2) is 122 Å². The first-order chi connectivity index (χ1) is 25.3. The van der Waals surface area contributed by atoms with Crippen LogP contribution in [0.15, 0.2) is 67.0 Å². The van der Waals surface area contributed by atoms with Gasteiger partial charge in [-0.3, -0.25) is 24.6 Å². The molecule has 3 aromatic heterocycles. The van der Waals surface area contributed by atoms with Gasteiger partial charge in [-0.1, -0.05) is 18.2 Å². The smallest absolute Gasteiger partial charge is 0.475 e. The Morgan fingerprint density at radius 3 is 2.17 bits per heavy atom. The summed E-state index contributed by atoms with van der Waals surface area (Å²) < 4.78 is 31.7. The van der Waals surface area contributed by atoms with E-state index in [1.54, 1.807) is 12.3 Å². The summed E-state index contributed by atoms with van der Waals surface area (Å²) >= 11 is 0. The predicted octanol–water partition coefficient (Wildman–Crippen LogP) is 5.82. The standard InChI is InChI=1S/C29H31N7O.C7H16N2.C2HF3O2/c1-19(2)36-13-11-35(12-14-36)18-21-5-3-8-26(32-21)29(37)33-27-15-20(16-28-24(27)17-31-34-28)22-6-4-7-25-23(22)9-10-30-25;1-7(2)9-5-3-8-4-6-9;3-2(4,5)1(6)7/h3-10,15-17,19,30H,11-14,18H2,1-2H3,(H,31,34)(H,33,37);7-8H,3-6H2,1-2H3;(H,6,7). The minimum atomic E-state index is -5.08. The Morgan fingerprint density at radius 1 is 0.868 bits per heavy atom. The van der Waals surface area contributed by atoms with E-state index in [9.17, 15) is 18.0 Å². The van der Waals surface area contributed by atoms with E-state index in [-0.39, 0.29) is 5.91 Å². The highest BCUT2D eigenvalue weighted by atomic mass is 19.4. The van der Waals surface area contributed by atoms with Crippen LogP contribution in [0.5, 0.6) is 0 Å². The van der Waals surface area contributed by atoms with Crippen molar-refractivity contribution in [1.82, 2.24) is 40.2 Å². The summed E-state index contributed by atoms with van der Waals surface area (Å²) in [5, 5.41) is 22.8. The number of fused-ring (bicyclic) bond motifs is 2. The van der Waals surface area contributed by atoms with Crippen LogP contribution in [0.2, 0.25) is 0 Å². The quantitative estimate of drug-likeness (QED) is 0.140. The number of carboxylic acids is 1. The molecule has 7 rings (SSSR count). The molecule has 2 fully saturated rings. The van der Waals surface area contributed by atoms with E-state index < -0.39 is 12.1 Å². The van der Waals surface area contributed by atoms with Gasteiger partial charge in [0.15, 0.2) is 0 Å². The molecule has 5 heterocycles. The number of nitrogens with zero attached hydrogens (tertiary/aromatic N) is 5. The average molecular weight is 736 g/mol. The molecule has 53 heavy (non-hydrogen) atoms. The summed E-state index contributed by atoms with van der Waals surface area (Å²) in [5.74, 6) is -2.99. The van der Waals surface area contributed by atoms with E-state index in [0.29, 0.717) is 17.4 Å². The maximum absolute atomic E-state index is 13.3. The number of aromatic amines is 2. The molecule has 2 aliphatic rings. The fourth-order valence-corrected chi connectivity index (χ4v) is 6.39. The second-order valence-corrected chi connectivity index (χ2v) is 13.7. The summed E-state index contributed by atoms with van der Waals surface area (Å²) in [6, 6.07) is 19.3. The number of aliphatic carboxylic acids is 1. The van der Waals surface area contributed by atoms with Crippen LogP contribution in [0, 0.1) is 0 Å². The number of benzene rings is 2. The lowest BCUT2D eigenvalue weighted by Gasteiger charge is -2.36. The SMILES string of the molecule is CC(C)N1CCN(Cc2cccc(C(=O)Nc3cc(-c4cccc5[nH]ccc45)cc4[nH]ncc34)n2)CC1.CC(C)N1CCNCC1.O=C(O)C(F)(F)F. The predicted molar refractivity (Wildman–Crippen MR) is 201 cm³/mol. The minimum Gasteiger partial charge on any atom is -0.475 e. The van der Waals surface area contributed by atoms with Gasteiger partial charge in [-0.25, -0.2) is 9.78 Å². The number of amides is 1. The second-order valence-electron chi connectivity index (χ2n) is 13.7. The second kappa shape index (κ2) is 17.8. The maximum atomic E-state index is 13.3. The van der Waals surface area contributed by atoms with Gasteiger partial charge < -0.3 is 20.7 Å². The molecule has 0 unspecified atom stereocenters. The van der Waals surface area contributed by atoms with Gasteiger partial charge in [0.1, 0.15) is 5.69 Å². The highest BCUT2D eigenvalue weighted by Crippen LogP contribution is 2.34. The first kappa shape index (κ1) is 39.4. The first-order valence-corrected chi connectivity index (χ1v) is 17.8. The molecule has 5 N–H and O–H groups in total. The van der Waals surface area contributed by atoms with E-state index in [1.807, 2.05) is 30.5 Å². The van der Waals surface area contributed by atoms with Crippen molar-refractivity contribution in [3.05, 3.63) is 78.4 Å². The summed E-state index contributed by atoms with van der Waals surface area (Å²) in [6.45, 7) is 18.7. The van der Waals surface area contributed by atoms with Gasteiger partial charge in [-0.05, 0) is 75.2 Å². The van der Waals surface area contributed by atoms with Crippen molar-refractivity contribution in [2.45, 2.75) is 52.5 Å². The molecule has 5 aromatic rings. The van der Waals surface area contributed by atoms with Gasteiger partial charge >= 0.3 is 12.1 Å². The van der Waals surface area contributed by atoms with E-state index in [4.69, 9.17) is 14.9 Å². The number of hydrogen-bond donors (Lipinski definition) is 5. The molecule has 284 valence electrons. The van der Waals surface area contributed by atoms with Crippen molar-refractivity contribution in [3.63, 3.8) is 0 Å². The molecule has 2 saturated heterocycles. The highest BCUT2D eigenvalue weighted by molar-refractivity contribution is 6.09. The molecule has 0 spiro atoms. The lowest BCUT2D eigenvalue weighted by atomic mass is 9.99. The number of alkyl halides is 3. The first-order valence-electron chi connectivity index (χ1n) is 17.8. The Labute approximate surface area is 306 Å². The summed E-state index contributed by atoms with van der Waals surface area (Å²) in [7, 11) is 0. The fourth-order valence-electron chi connectivity index (χ4n) is 6.39. The Bertz CT molecular complexity index is 1960. The van der Waals surface area contributed by atoms with Gasteiger partial charge in [-0.15, -0.1) is 0 Å². The van der Waals surface area contributed by atoms with E-state index in [2.05, 4.69) is 92.5 Å². The van der Waals surface area contributed by atoms with Crippen LogP contribution in [0.1, 0.15) is 43.9 Å². The number of halogens is 3. The normalized spacial score (nSPS) is 15.9. The Balaban J connectivity index is 0.000000281. The summed E-state index contributed by atoms with van der Waals surface area (Å²) in [5.41, 5.74) is 6.04. The van der Waals surface area contributed by atoms with Crippen LogP contribution in [0.3, 0.4) is 0 Å². The van der Waals surface area contributed by atoms with Crippen LogP contribution in [0.4, 0.5) is 18.9 Å². The van der Waals surface area contributed by atoms with E-state index in [1.165, 1.54) is 13.1 Å². The highest BCUT2D eigenvalue weighted by Gasteiger charge is 2.38. The number of anilines is 1. The summed E-state index contributed by atoms with van der Waals surface area (Å²) in [4.78, 5) is 37.6. The Kier molecular flexibility index (Phi) is 13.2. The summed E-state index contributed by atoms with van der Waals surface area (Å²) in [6.07, 6.45) is -1.40. The molecule has 0 saturated carbocycles. The third-order valence-corrected chi connectivity index (χ3v) is 9.40. The number of nitrogens with one attached hydrogen (secondary N) is 4. The molecule has 2 aliphatic heterocycles. The molecular weight excluding hydrogens is 687 g/mol. The molecule has 0 atom stereocenters. The molecular formula is C38H48F3N9O3. The number of H-pyrrole nitrogens is 2. The number of carboxylic acid groups (broad SMARTS) is 1. The monoisotopic (exact) mass is 735 g/mol. The van der Waals surface area contributed by atoms with Crippen LogP contribution in [0.25, 0.3) is 32.9 Å². The molecule has 2 aromatic carbocycles. The van der Waals surface area contributed by atoms with Crippen molar-refractivity contribution in [3.8, 4) is 11.1 Å². The van der Waals surface area contributed by atoms with Crippen molar-refractivity contribution >= 4 is 39.4 Å². The Hall–Kier alpha value is -4.83. The number of pyridine rings is 1. The molecule has 15 heteroatoms. The lowest BCUT2D eigenvalue weighted by Crippen LogP contribution is -2.48. The van der Waals surface area contributed by atoms with Gasteiger partial charge in [0, 0.05) is 93.5 Å². The third kappa shape index (κ3) is 10.6. The zero-order valence-corrected chi connectivity index (χ0v) is 30.5. The van der Waals surface area contributed by atoms with Crippen molar-refractivity contribution in [2.75, 3.05) is 57.7 Å². The van der Waals surface area contributed by atoms with E-state index >= 15 is 0 Å². The molecule has 0 aliphatic carbocycles. The number of piperazine rings is 2. The van der Waals surface area contributed by atoms with Gasteiger partial charge in [-0.2, -0.15) is 18.3 Å². The lowest BCUT2D eigenvalue weighted by molar-refractivity contribution is -0.192. The molecule has 0 bridgehead atoms. The topological polar surface area (TPSA) is 146 Å². The molecule has 0 radical (unpaired) electrons. The fraction of sp³-hybridized carbons (Fsp3) is 0.421. The van der Waals surface area contributed by atoms with Crippen molar-refractivity contribution in [2.24, 2.45) is 0 Å².